The van der Waals surface area contributed by atoms with E-state index in [1.54, 1.807) is 18.2 Å². The maximum Gasteiger partial charge on any atom is 0.324 e. The van der Waals surface area contributed by atoms with Gasteiger partial charge in [0.1, 0.15) is 17.2 Å². The quantitative estimate of drug-likeness (QED) is 0.447. The summed E-state index contributed by atoms with van der Waals surface area (Å²) < 4.78 is 10.1. The molecule has 4 rings (SSSR count). The molecule has 11 heteroatoms. The molecule has 1 aromatic carbocycles. The number of urea groups is 1. The largest absolute Gasteiger partial charge is 0.378 e. The smallest absolute Gasteiger partial charge is 0.324 e. The van der Waals surface area contributed by atoms with Crippen molar-refractivity contribution in [3.63, 3.8) is 0 Å². The number of amides is 2. The second kappa shape index (κ2) is 9.33. The molecular formula is C19H19ClN6O3S. The summed E-state index contributed by atoms with van der Waals surface area (Å²) in [4.78, 5) is 24.3. The summed E-state index contributed by atoms with van der Waals surface area (Å²) in [5, 5.41) is 9.34. The van der Waals surface area contributed by atoms with Crippen molar-refractivity contribution in [1.29, 1.82) is 0 Å². The molecule has 3 heterocycles. The van der Waals surface area contributed by atoms with Crippen LogP contribution in [-0.4, -0.2) is 53.7 Å². The summed E-state index contributed by atoms with van der Waals surface area (Å²) in [5.74, 6) is 1.67. The highest BCUT2D eigenvalue weighted by atomic mass is 35.5. The Balaban J connectivity index is 1.53. The van der Waals surface area contributed by atoms with E-state index in [4.69, 9.17) is 21.3 Å². The summed E-state index contributed by atoms with van der Waals surface area (Å²) >= 11 is 7.99. The number of carbonyl (C=O) groups excluding carboxylic acids is 1. The van der Waals surface area contributed by atoms with E-state index in [9.17, 15) is 4.79 Å². The Bertz CT molecular complexity index is 1010. The molecule has 0 atom stereocenters. The van der Waals surface area contributed by atoms with Gasteiger partial charge in [0.15, 0.2) is 11.6 Å². The first-order valence-electron chi connectivity index (χ1n) is 9.17. The van der Waals surface area contributed by atoms with Crippen LogP contribution < -0.4 is 15.5 Å². The molecule has 156 valence electrons. The van der Waals surface area contributed by atoms with E-state index in [-0.39, 0.29) is 0 Å². The number of carbonyl (C=O) groups is 1. The van der Waals surface area contributed by atoms with Crippen molar-refractivity contribution in [2.75, 3.05) is 48.1 Å². The van der Waals surface area contributed by atoms with Gasteiger partial charge in [0.25, 0.3) is 0 Å². The molecule has 3 aromatic rings. The molecule has 1 aliphatic rings. The van der Waals surface area contributed by atoms with Gasteiger partial charge in [-0.1, -0.05) is 16.8 Å². The molecule has 1 fully saturated rings. The van der Waals surface area contributed by atoms with E-state index in [2.05, 4.69) is 30.2 Å². The van der Waals surface area contributed by atoms with Crippen molar-refractivity contribution < 1.29 is 14.1 Å². The van der Waals surface area contributed by atoms with Crippen LogP contribution in [0, 0.1) is 0 Å². The summed E-state index contributed by atoms with van der Waals surface area (Å²) in [6.07, 6.45) is 3.34. The van der Waals surface area contributed by atoms with Gasteiger partial charge in [-0.05, 0) is 30.5 Å². The molecular weight excluding hydrogens is 428 g/mol. The lowest BCUT2D eigenvalue weighted by Gasteiger charge is -2.29. The zero-order chi connectivity index (χ0) is 20.9. The number of aromatic nitrogens is 3. The average Bonchev–Trinajstić information content (AvgIpc) is 3.27. The fraction of sp³-hybridized carbons (Fsp3) is 0.263. The monoisotopic (exact) mass is 446 g/mol. The zero-order valence-electron chi connectivity index (χ0n) is 16.1. The van der Waals surface area contributed by atoms with E-state index in [0.717, 1.165) is 29.4 Å². The van der Waals surface area contributed by atoms with Crippen molar-refractivity contribution in [3.8, 4) is 11.4 Å². The van der Waals surface area contributed by atoms with Crippen LogP contribution in [0.2, 0.25) is 5.15 Å². The molecule has 0 aliphatic carbocycles. The molecule has 9 nitrogen and oxygen atoms in total. The van der Waals surface area contributed by atoms with Gasteiger partial charge in [0.2, 0.25) is 0 Å². The number of morpholine rings is 1. The normalized spacial score (nSPS) is 13.9. The fourth-order valence-electron chi connectivity index (χ4n) is 2.96. The predicted molar refractivity (Wildman–Crippen MR) is 116 cm³/mol. The Morgan fingerprint density at radius 2 is 1.90 bits per heavy atom. The number of rotatable bonds is 5. The minimum absolute atomic E-state index is 0.330. The number of halogens is 1. The molecule has 0 unspecified atom stereocenters. The molecule has 2 aromatic heterocycles. The SMILES string of the molecule is CSc1c(Cl)nc(-c2ccc(NC(=O)Nc3ccon3)cc2)nc1N1CCOCC1. The standard InChI is InChI=1S/C19H19ClN6O3S/c1-30-15-16(20)23-17(24-18(15)26-7-10-28-11-8-26)12-2-4-13(5-3-12)21-19(27)22-14-6-9-29-25-14/h2-6,9H,7-8,10-11H2,1H3,(H2,21,22,25,27). The molecule has 30 heavy (non-hydrogen) atoms. The maximum absolute atomic E-state index is 12.0. The molecule has 0 bridgehead atoms. The Kier molecular flexibility index (Phi) is 6.36. The first-order valence-corrected chi connectivity index (χ1v) is 10.8. The van der Waals surface area contributed by atoms with Crippen LogP contribution in [0.4, 0.5) is 22.1 Å². The summed E-state index contributed by atoms with van der Waals surface area (Å²) in [7, 11) is 0. The van der Waals surface area contributed by atoms with Crippen LogP contribution in [0.3, 0.4) is 0 Å². The third kappa shape index (κ3) is 4.66. The van der Waals surface area contributed by atoms with Gasteiger partial charge in [-0.15, -0.1) is 11.8 Å². The first kappa shape index (κ1) is 20.5. The van der Waals surface area contributed by atoms with Gasteiger partial charge in [-0.25, -0.2) is 14.8 Å². The number of thioether (sulfide) groups is 1. The van der Waals surface area contributed by atoms with Gasteiger partial charge in [-0.2, -0.15) is 0 Å². The van der Waals surface area contributed by atoms with E-state index in [0.29, 0.717) is 35.7 Å². The molecule has 0 saturated carbocycles. The van der Waals surface area contributed by atoms with Crippen LogP contribution in [-0.2, 0) is 4.74 Å². The van der Waals surface area contributed by atoms with Crippen LogP contribution in [0.5, 0.6) is 0 Å². The lowest BCUT2D eigenvalue weighted by Crippen LogP contribution is -2.37. The zero-order valence-corrected chi connectivity index (χ0v) is 17.7. The van der Waals surface area contributed by atoms with Crippen LogP contribution in [0.15, 0.2) is 46.0 Å². The Labute approximate surface area is 182 Å². The number of nitrogens with one attached hydrogen (secondary N) is 2. The highest BCUT2D eigenvalue weighted by Crippen LogP contribution is 2.35. The number of nitrogens with zero attached hydrogens (tertiary/aromatic N) is 4. The van der Waals surface area contributed by atoms with E-state index >= 15 is 0 Å². The van der Waals surface area contributed by atoms with Crippen LogP contribution in [0.25, 0.3) is 11.4 Å². The van der Waals surface area contributed by atoms with Crippen molar-refractivity contribution in [2.45, 2.75) is 4.90 Å². The minimum Gasteiger partial charge on any atom is -0.378 e. The summed E-state index contributed by atoms with van der Waals surface area (Å²) in [6.45, 7) is 2.82. The maximum atomic E-state index is 12.0. The predicted octanol–water partition coefficient (Wildman–Crippen LogP) is 3.99. The lowest BCUT2D eigenvalue weighted by molar-refractivity contribution is 0.122. The summed E-state index contributed by atoms with van der Waals surface area (Å²) in [5.41, 5.74) is 1.40. The van der Waals surface area contributed by atoms with Gasteiger partial charge >= 0.3 is 6.03 Å². The molecule has 0 spiro atoms. The van der Waals surface area contributed by atoms with Crippen molar-refractivity contribution >= 4 is 46.7 Å². The van der Waals surface area contributed by atoms with Crippen molar-refractivity contribution in [3.05, 3.63) is 41.7 Å². The third-order valence-corrected chi connectivity index (χ3v) is 5.57. The van der Waals surface area contributed by atoms with E-state index < -0.39 is 6.03 Å². The highest BCUT2D eigenvalue weighted by molar-refractivity contribution is 7.98. The molecule has 2 amide bonds. The van der Waals surface area contributed by atoms with Crippen molar-refractivity contribution in [2.24, 2.45) is 0 Å². The van der Waals surface area contributed by atoms with Gasteiger partial charge in [0, 0.05) is 30.4 Å². The van der Waals surface area contributed by atoms with E-state index in [1.807, 2.05) is 18.4 Å². The molecule has 1 aliphatic heterocycles. The second-order valence-corrected chi connectivity index (χ2v) is 7.51. The highest BCUT2D eigenvalue weighted by Gasteiger charge is 2.21. The number of hydrogen-bond donors (Lipinski definition) is 2. The second-order valence-electron chi connectivity index (χ2n) is 6.34. The minimum atomic E-state index is -0.421. The number of anilines is 3. The molecule has 2 N–H and O–H groups in total. The number of benzene rings is 1. The Hall–Kier alpha value is -2.82. The van der Waals surface area contributed by atoms with Gasteiger partial charge < -0.3 is 19.5 Å². The summed E-state index contributed by atoms with van der Waals surface area (Å²) in [6, 6.07) is 8.33. The topological polar surface area (TPSA) is 105 Å². The third-order valence-electron chi connectivity index (χ3n) is 4.40. The lowest BCUT2D eigenvalue weighted by atomic mass is 10.2. The fourth-order valence-corrected chi connectivity index (χ4v) is 3.93. The van der Waals surface area contributed by atoms with E-state index in [1.165, 1.54) is 18.0 Å². The van der Waals surface area contributed by atoms with Gasteiger partial charge in [-0.3, -0.25) is 5.32 Å². The molecule has 1 saturated heterocycles. The number of hydrogen-bond acceptors (Lipinski definition) is 8. The Morgan fingerprint density at radius 1 is 1.13 bits per heavy atom. The average molecular weight is 447 g/mol. The van der Waals surface area contributed by atoms with Crippen LogP contribution in [0.1, 0.15) is 0 Å². The molecule has 0 radical (unpaired) electrons. The Morgan fingerprint density at radius 3 is 2.57 bits per heavy atom. The number of ether oxygens (including phenoxy) is 1. The first-order chi connectivity index (χ1) is 14.6. The van der Waals surface area contributed by atoms with Crippen LogP contribution >= 0.6 is 23.4 Å². The van der Waals surface area contributed by atoms with Crippen molar-refractivity contribution in [1.82, 2.24) is 15.1 Å². The van der Waals surface area contributed by atoms with Gasteiger partial charge in [0.05, 0.1) is 18.1 Å².